The highest BCUT2D eigenvalue weighted by atomic mass is 19.4. The number of nitrogens with zero attached hydrogens (tertiary/aromatic N) is 4. The Morgan fingerprint density at radius 3 is 2.55 bits per heavy atom. The number of hydrogen-bond donors (Lipinski definition) is 0. The Bertz CT molecular complexity index is 645. The van der Waals surface area contributed by atoms with Gasteiger partial charge in [0.05, 0.1) is 13.3 Å². The van der Waals surface area contributed by atoms with Crippen molar-refractivity contribution >= 4 is 0 Å². The molecule has 2 rings (SSSR count). The molecule has 2 aromatic rings. The number of aryl methyl sites for hydroxylation is 1. The van der Waals surface area contributed by atoms with Gasteiger partial charge < -0.3 is 14.2 Å². The quantitative estimate of drug-likeness (QED) is 0.842. The van der Waals surface area contributed by atoms with Gasteiger partial charge in [-0.05, 0) is 0 Å². The van der Waals surface area contributed by atoms with Gasteiger partial charge in [0, 0.05) is 26.3 Å². The van der Waals surface area contributed by atoms with E-state index in [0.29, 0.717) is 5.75 Å². The molecule has 120 valence electrons. The summed E-state index contributed by atoms with van der Waals surface area (Å²) in [6.45, 7) is 0. The van der Waals surface area contributed by atoms with Crippen molar-refractivity contribution in [1.29, 1.82) is 0 Å². The first-order chi connectivity index (χ1) is 10.3. The first-order valence-corrected chi connectivity index (χ1v) is 6.03. The third kappa shape index (κ3) is 3.45. The van der Waals surface area contributed by atoms with E-state index in [4.69, 9.17) is 9.47 Å². The van der Waals surface area contributed by atoms with Crippen molar-refractivity contribution in [2.75, 3.05) is 14.2 Å². The van der Waals surface area contributed by atoms with Crippen LogP contribution in [0, 0.1) is 0 Å². The maximum Gasteiger partial charge on any atom is 0.420 e. The average molecular weight is 318 g/mol. The van der Waals surface area contributed by atoms with Crippen LogP contribution in [0.4, 0.5) is 13.2 Å². The second-order valence-corrected chi connectivity index (χ2v) is 4.22. The number of halogens is 3. The van der Waals surface area contributed by atoms with Gasteiger partial charge in [0.1, 0.15) is 11.4 Å². The molecule has 0 aliphatic heterocycles. The van der Waals surface area contributed by atoms with Crippen LogP contribution >= 0.6 is 0 Å². The summed E-state index contributed by atoms with van der Waals surface area (Å²) >= 11 is 0. The van der Waals surface area contributed by atoms with Gasteiger partial charge >= 0.3 is 6.18 Å². The Morgan fingerprint density at radius 2 is 1.95 bits per heavy atom. The van der Waals surface area contributed by atoms with Crippen molar-refractivity contribution in [2.24, 2.45) is 7.05 Å². The average Bonchev–Trinajstić information content (AvgIpc) is 2.79. The highest BCUT2D eigenvalue weighted by molar-refractivity contribution is 5.27. The maximum absolute atomic E-state index is 12.8. The zero-order valence-corrected chi connectivity index (χ0v) is 12.0. The van der Waals surface area contributed by atoms with Gasteiger partial charge in [0.15, 0.2) is 6.10 Å². The molecular formula is C12H13F3N4O3. The molecule has 0 radical (unpaired) electrons. The molecule has 0 aliphatic rings. The molecule has 2 heterocycles. The topological polar surface area (TPSA) is 71.3 Å². The Balaban J connectivity index is 2.26. The molecule has 0 bridgehead atoms. The van der Waals surface area contributed by atoms with Crippen molar-refractivity contribution in [1.82, 2.24) is 20.0 Å². The van der Waals surface area contributed by atoms with Gasteiger partial charge in [-0.25, -0.2) is 4.68 Å². The van der Waals surface area contributed by atoms with Crippen molar-refractivity contribution in [3.05, 3.63) is 24.0 Å². The summed E-state index contributed by atoms with van der Waals surface area (Å²) in [5.74, 6) is 0.524. The monoisotopic (exact) mass is 318 g/mol. The number of rotatable bonds is 5. The summed E-state index contributed by atoms with van der Waals surface area (Å²) in [7, 11) is 3.84. The highest BCUT2D eigenvalue weighted by Crippen LogP contribution is 2.36. The van der Waals surface area contributed by atoms with E-state index in [1.54, 1.807) is 0 Å². The minimum Gasteiger partial charge on any atom is -0.495 e. The number of ether oxygens (including phenoxy) is 3. The first kappa shape index (κ1) is 16.0. The van der Waals surface area contributed by atoms with Crippen molar-refractivity contribution in [2.45, 2.75) is 12.3 Å². The second kappa shape index (κ2) is 6.18. The molecule has 0 N–H and O–H groups in total. The van der Waals surface area contributed by atoms with Crippen LogP contribution in [0.2, 0.25) is 0 Å². The molecule has 0 aromatic carbocycles. The number of alkyl halides is 3. The third-order valence-electron chi connectivity index (χ3n) is 2.71. The molecule has 2 aromatic heterocycles. The molecule has 0 fully saturated rings. The summed E-state index contributed by atoms with van der Waals surface area (Å²) in [6, 6.07) is 2.57. The van der Waals surface area contributed by atoms with Crippen LogP contribution < -0.4 is 9.47 Å². The van der Waals surface area contributed by atoms with Gasteiger partial charge in [0.25, 0.3) is 0 Å². The van der Waals surface area contributed by atoms with Crippen LogP contribution in [0.5, 0.6) is 17.5 Å². The van der Waals surface area contributed by atoms with Gasteiger partial charge in [-0.2, -0.15) is 23.4 Å². The van der Waals surface area contributed by atoms with Crippen LogP contribution in [-0.2, 0) is 11.8 Å². The standard InChI is InChI=1S/C12H13F3N4O3/c1-19-10(22-9-4-7(20-2)6-16-17-9)5-8(18-19)11(21-3)12(13,14)15/h4-6,11H,1-3H3. The van der Waals surface area contributed by atoms with Crippen molar-refractivity contribution in [3.63, 3.8) is 0 Å². The van der Waals surface area contributed by atoms with E-state index >= 15 is 0 Å². The first-order valence-electron chi connectivity index (χ1n) is 6.03. The van der Waals surface area contributed by atoms with Crippen LogP contribution in [0.15, 0.2) is 18.3 Å². The second-order valence-electron chi connectivity index (χ2n) is 4.22. The summed E-state index contributed by atoms with van der Waals surface area (Å²) < 4.78 is 54.4. The summed E-state index contributed by atoms with van der Waals surface area (Å²) in [5, 5.41) is 11.1. The van der Waals surface area contributed by atoms with E-state index in [-0.39, 0.29) is 17.5 Å². The van der Waals surface area contributed by atoms with Crippen molar-refractivity contribution < 1.29 is 27.4 Å². The lowest BCUT2D eigenvalue weighted by atomic mass is 10.2. The molecule has 0 aliphatic carbocycles. The smallest absolute Gasteiger partial charge is 0.420 e. The molecule has 0 saturated heterocycles. The lowest BCUT2D eigenvalue weighted by molar-refractivity contribution is -0.217. The van der Waals surface area contributed by atoms with Crippen LogP contribution in [-0.4, -0.2) is 40.4 Å². The number of aromatic nitrogens is 4. The molecular weight excluding hydrogens is 305 g/mol. The molecule has 10 heteroatoms. The van der Waals surface area contributed by atoms with E-state index in [9.17, 15) is 13.2 Å². The van der Waals surface area contributed by atoms with Gasteiger partial charge in [-0.3, -0.25) is 0 Å². The lowest BCUT2D eigenvalue weighted by Crippen LogP contribution is -2.22. The Labute approximate surface area is 123 Å². The third-order valence-corrected chi connectivity index (χ3v) is 2.71. The van der Waals surface area contributed by atoms with E-state index in [1.165, 1.54) is 26.4 Å². The van der Waals surface area contributed by atoms with Gasteiger partial charge in [-0.1, -0.05) is 0 Å². The predicted octanol–water partition coefficient (Wildman–Crippen LogP) is 2.26. The number of methoxy groups -OCH3 is 2. The van der Waals surface area contributed by atoms with E-state index in [0.717, 1.165) is 17.9 Å². The molecule has 7 nitrogen and oxygen atoms in total. The van der Waals surface area contributed by atoms with Crippen LogP contribution in [0.3, 0.4) is 0 Å². The van der Waals surface area contributed by atoms with Crippen LogP contribution in [0.1, 0.15) is 11.8 Å². The normalized spacial score (nSPS) is 13.0. The molecule has 1 unspecified atom stereocenters. The fraction of sp³-hybridized carbons (Fsp3) is 0.417. The minimum atomic E-state index is -4.57. The molecule has 0 saturated carbocycles. The summed E-state index contributed by atoms with van der Waals surface area (Å²) in [6.07, 6.45) is -5.34. The Kier molecular flexibility index (Phi) is 4.50. The predicted molar refractivity (Wildman–Crippen MR) is 67.7 cm³/mol. The van der Waals surface area contributed by atoms with Gasteiger partial charge in [0.2, 0.25) is 11.8 Å². The fourth-order valence-electron chi connectivity index (χ4n) is 1.72. The summed E-state index contributed by atoms with van der Waals surface area (Å²) in [5.41, 5.74) is -0.316. The largest absolute Gasteiger partial charge is 0.495 e. The number of hydrogen-bond acceptors (Lipinski definition) is 6. The molecule has 0 spiro atoms. The Morgan fingerprint density at radius 1 is 1.23 bits per heavy atom. The summed E-state index contributed by atoms with van der Waals surface area (Å²) in [4.78, 5) is 0. The molecule has 1 atom stereocenters. The lowest BCUT2D eigenvalue weighted by Gasteiger charge is -2.15. The molecule has 22 heavy (non-hydrogen) atoms. The maximum atomic E-state index is 12.8. The fourth-order valence-corrected chi connectivity index (χ4v) is 1.72. The molecule has 0 amide bonds. The zero-order chi connectivity index (χ0) is 16.3. The minimum absolute atomic E-state index is 0.0591. The van der Waals surface area contributed by atoms with E-state index < -0.39 is 12.3 Å². The van der Waals surface area contributed by atoms with Gasteiger partial charge in [-0.15, -0.1) is 5.10 Å². The zero-order valence-electron chi connectivity index (χ0n) is 12.0. The van der Waals surface area contributed by atoms with E-state index in [1.807, 2.05) is 0 Å². The Hall–Kier alpha value is -2.36. The SMILES string of the molecule is COc1cnnc(Oc2cc(C(OC)C(F)(F)F)nn2C)c1. The van der Waals surface area contributed by atoms with Crippen molar-refractivity contribution in [3.8, 4) is 17.5 Å². The highest BCUT2D eigenvalue weighted by Gasteiger charge is 2.43. The van der Waals surface area contributed by atoms with Crippen LogP contribution in [0.25, 0.3) is 0 Å². The van der Waals surface area contributed by atoms with E-state index in [2.05, 4.69) is 20.0 Å².